The number of hydrogen-bond acceptors (Lipinski definition) is 7. The van der Waals surface area contributed by atoms with Gasteiger partial charge in [0.25, 0.3) is 5.88 Å². The molecule has 0 aliphatic heterocycles. The van der Waals surface area contributed by atoms with Crippen molar-refractivity contribution in [2.75, 3.05) is 19.0 Å². The molecular formula is C16H17N7O2. The summed E-state index contributed by atoms with van der Waals surface area (Å²) in [6.45, 7) is 1.19. The normalized spacial score (nSPS) is 13.8. The van der Waals surface area contributed by atoms with Crippen LogP contribution in [0.1, 0.15) is 18.5 Å². The van der Waals surface area contributed by atoms with E-state index in [4.69, 9.17) is 14.7 Å². The number of rotatable bonds is 7. The number of methoxy groups -OCH3 is 1. The molecule has 3 aromatic heterocycles. The number of aromatic nitrogens is 5. The van der Waals surface area contributed by atoms with E-state index >= 15 is 0 Å². The molecule has 0 atom stereocenters. The number of ether oxygens (including phenoxy) is 2. The monoisotopic (exact) mass is 339 g/mol. The van der Waals surface area contributed by atoms with Gasteiger partial charge in [-0.05, 0) is 18.9 Å². The highest BCUT2D eigenvalue weighted by Gasteiger charge is 2.26. The molecule has 25 heavy (non-hydrogen) atoms. The maximum absolute atomic E-state index is 8.96. The van der Waals surface area contributed by atoms with Crippen molar-refractivity contribution < 1.29 is 9.47 Å². The molecule has 0 spiro atoms. The van der Waals surface area contributed by atoms with Crippen LogP contribution in [0, 0.1) is 11.3 Å². The van der Waals surface area contributed by atoms with Crippen molar-refractivity contribution in [3.05, 3.63) is 24.2 Å². The van der Waals surface area contributed by atoms with Gasteiger partial charge in [0, 0.05) is 18.7 Å². The maximum Gasteiger partial charge on any atom is 0.257 e. The first kappa shape index (κ1) is 15.4. The minimum absolute atomic E-state index is 0.233. The Morgan fingerprint density at radius 2 is 2.36 bits per heavy atom. The van der Waals surface area contributed by atoms with Crippen LogP contribution in [0.5, 0.6) is 5.88 Å². The zero-order valence-corrected chi connectivity index (χ0v) is 13.7. The van der Waals surface area contributed by atoms with Gasteiger partial charge >= 0.3 is 0 Å². The van der Waals surface area contributed by atoms with Crippen molar-refractivity contribution in [2.45, 2.75) is 25.5 Å². The van der Waals surface area contributed by atoms with E-state index < -0.39 is 0 Å². The molecule has 3 heterocycles. The Hall–Kier alpha value is -3.12. The Kier molecular flexibility index (Phi) is 3.95. The summed E-state index contributed by atoms with van der Waals surface area (Å²) >= 11 is 0. The lowest BCUT2D eigenvalue weighted by molar-refractivity contribution is 0.182. The van der Waals surface area contributed by atoms with Crippen molar-refractivity contribution >= 4 is 22.7 Å². The topological polar surface area (TPSA) is 114 Å². The molecule has 0 saturated heterocycles. The number of hydrogen-bond donors (Lipinski definition) is 2. The Labute approximate surface area is 143 Å². The van der Waals surface area contributed by atoms with Crippen LogP contribution < -0.4 is 10.1 Å². The van der Waals surface area contributed by atoms with Crippen LogP contribution in [-0.2, 0) is 11.3 Å². The summed E-state index contributed by atoms with van der Waals surface area (Å²) in [6, 6.07) is 3.77. The van der Waals surface area contributed by atoms with Gasteiger partial charge in [-0.2, -0.15) is 10.2 Å². The van der Waals surface area contributed by atoms with Gasteiger partial charge < -0.3 is 19.8 Å². The third-order valence-electron chi connectivity index (χ3n) is 3.79. The van der Waals surface area contributed by atoms with E-state index in [1.807, 2.05) is 6.20 Å². The molecule has 1 saturated carbocycles. The summed E-state index contributed by atoms with van der Waals surface area (Å²) in [4.78, 5) is 11.6. The first-order valence-corrected chi connectivity index (χ1v) is 8.01. The minimum Gasteiger partial charge on any atom is -0.472 e. The first-order chi connectivity index (χ1) is 12.2. The largest absolute Gasteiger partial charge is 0.472 e. The highest BCUT2D eigenvalue weighted by atomic mass is 16.5. The first-order valence-electron chi connectivity index (χ1n) is 8.01. The SMILES string of the molecule is COCCn1cc(Nc2ncc3cc(C#N)[nH]c3n2)c(OC2CC2)n1. The van der Waals surface area contributed by atoms with E-state index in [1.54, 1.807) is 24.1 Å². The summed E-state index contributed by atoms with van der Waals surface area (Å²) in [5.74, 6) is 0.942. The fourth-order valence-corrected chi connectivity index (χ4v) is 2.38. The zero-order chi connectivity index (χ0) is 17.2. The quantitative estimate of drug-likeness (QED) is 0.676. The average Bonchev–Trinajstić information content (AvgIpc) is 3.21. The van der Waals surface area contributed by atoms with Crippen LogP contribution in [-0.4, -0.2) is 44.6 Å². The van der Waals surface area contributed by atoms with Crippen LogP contribution in [0.2, 0.25) is 0 Å². The second-order valence-corrected chi connectivity index (χ2v) is 5.84. The predicted molar refractivity (Wildman–Crippen MR) is 89.6 cm³/mol. The molecular weight excluding hydrogens is 322 g/mol. The van der Waals surface area contributed by atoms with Crippen molar-refractivity contribution in [2.24, 2.45) is 0 Å². The van der Waals surface area contributed by atoms with Gasteiger partial charge in [0.1, 0.15) is 29.2 Å². The number of fused-ring (bicyclic) bond motifs is 1. The van der Waals surface area contributed by atoms with E-state index in [0.29, 0.717) is 42.0 Å². The summed E-state index contributed by atoms with van der Waals surface area (Å²) in [5, 5.41) is 17.3. The maximum atomic E-state index is 8.96. The number of anilines is 2. The lowest BCUT2D eigenvalue weighted by Crippen LogP contribution is -2.05. The van der Waals surface area contributed by atoms with Crippen molar-refractivity contribution in [1.82, 2.24) is 24.7 Å². The van der Waals surface area contributed by atoms with Crippen LogP contribution in [0.4, 0.5) is 11.6 Å². The van der Waals surface area contributed by atoms with Gasteiger partial charge in [-0.3, -0.25) is 4.68 Å². The smallest absolute Gasteiger partial charge is 0.257 e. The standard InChI is InChI=1S/C16H17N7O2/c1-24-5-4-23-9-13(15(22-23)25-12-2-3-12)20-16-18-8-10-6-11(7-17)19-14(10)21-16/h6,8-9,12H,2-5H2,1H3,(H2,18,19,20,21). The number of nitrogens with zero attached hydrogens (tertiary/aromatic N) is 5. The molecule has 1 aliphatic rings. The number of aromatic amines is 1. The zero-order valence-electron chi connectivity index (χ0n) is 13.7. The van der Waals surface area contributed by atoms with Crippen LogP contribution >= 0.6 is 0 Å². The average molecular weight is 339 g/mol. The number of nitrogens with one attached hydrogen (secondary N) is 2. The molecule has 9 nitrogen and oxygen atoms in total. The van der Waals surface area contributed by atoms with Gasteiger partial charge in [-0.1, -0.05) is 0 Å². The third kappa shape index (κ3) is 3.39. The molecule has 4 rings (SSSR count). The van der Waals surface area contributed by atoms with Crippen LogP contribution in [0.25, 0.3) is 11.0 Å². The van der Waals surface area contributed by atoms with E-state index in [-0.39, 0.29) is 6.10 Å². The van der Waals surface area contributed by atoms with Crippen molar-refractivity contribution in [3.8, 4) is 11.9 Å². The molecule has 128 valence electrons. The Morgan fingerprint density at radius 1 is 1.48 bits per heavy atom. The third-order valence-corrected chi connectivity index (χ3v) is 3.79. The molecule has 9 heteroatoms. The Bertz CT molecular complexity index is 936. The molecule has 1 aliphatic carbocycles. The predicted octanol–water partition coefficient (Wildman–Crippen LogP) is 1.96. The minimum atomic E-state index is 0.233. The molecule has 0 amide bonds. The second kappa shape index (κ2) is 6.41. The second-order valence-electron chi connectivity index (χ2n) is 5.84. The van der Waals surface area contributed by atoms with Gasteiger partial charge in [-0.25, -0.2) is 4.98 Å². The van der Waals surface area contributed by atoms with Gasteiger partial charge in [0.15, 0.2) is 0 Å². The van der Waals surface area contributed by atoms with Crippen molar-refractivity contribution in [3.63, 3.8) is 0 Å². The lowest BCUT2D eigenvalue weighted by atomic mass is 10.4. The summed E-state index contributed by atoms with van der Waals surface area (Å²) < 4.78 is 12.7. The molecule has 1 fully saturated rings. The number of H-pyrrole nitrogens is 1. The molecule has 3 aromatic rings. The van der Waals surface area contributed by atoms with Crippen molar-refractivity contribution in [1.29, 1.82) is 5.26 Å². The van der Waals surface area contributed by atoms with Crippen LogP contribution in [0.15, 0.2) is 18.5 Å². The summed E-state index contributed by atoms with van der Waals surface area (Å²) in [5.41, 5.74) is 1.76. The molecule has 0 aromatic carbocycles. The van der Waals surface area contributed by atoms with E-state index in [0.717, 1.165) is 18.2 Å². The molecule has 0 radical (unpaired) electrons. The lowest BCUT2D eigenvalue weighted by Gasteiger charge is -2.05. The van der Waals surface area contributed by atoms with Gasteiger partial charge in [0.05, 0.1) is 19.3 Å². The molecule has 2 N–H and O–H groups in total. The van der Waals surface area contributed by atoms with E-state index in [2.05, 4.69) is 31.4 Å². The Morgan fingerprint density at radius 3 is 3.12 bits per heavy atom. The van der Waals surface area contributed by atoms with Crippen LogP contribution in [0.3, 0.4) is 0 Å². The highest BCUT2D eigenvalue weighted by molar-refractivity contribution is 5.78. The van der Waals surface area contributed by atoms with Gasteiger partial charge in [0.2, 0.25) is 5.95 Å². The van der Waals surface area contributed by atoms with E-state index in [1.165, 1.54) is 0 Å². The highest BCUT2D eigenvalue weighted by Crippen LogP contribution is 2.32. The summed E-state index contributed by atoms with van der Waals surface area (Å²) in [6.07, 6.45) is 5.84. The molecule has 0 unspecified atom stereocenters. The molecule has 0 bridgehead atoms. The summed E-state index contributed by atoms with van der Waals surface area (Å²) in [7, 11) is 1.65. The fraction of sp³-hybridized carbons (Fsp3) is 0.375. The number of nitriles is 1. The van der Waals surface area contributed by atoms with E-state index in [9.17, 15) is 0 Å². The fourth-order valence-electron chi connectivity index (χ4n) is 2.38. The van der Waals surface area contributed by atoms with Gasteiger partial charge in [-0.15, -0.1) is 5.10 Å². The Balaban J connectivity index is 1.59.